The highest BCUT2D eigenvalue weighted by Gasteiger charge is 1.49. The van der Waals surface area contributed by atoms with Gasteiger partial charge in [-0.3, -0.25) is 12.6 Å². The number of quaternary nitrogens is 1. The third-order valence-electron chi connectivity index (χ3n) is 0. The first-order valence-corrected chi connectivity index (χ1v) is 5.00. The quantitative estimate of drug-likeness (QED) is 0.364. The van der Waals surface area contributed by atoms with Crippen LogP contribution in [0.3, 0.4) is 0 Å². The summed E-state index contributed by atoms with van der Waals surface area (Å²) in [6.45, 7) is 0. The Kier molecular flexibility index (Phi) is 9.00. The van der Waals surface area contributed by atoms with Gasteiger partial charge in [-0.15, -0.1) is 9.05 Å². The van der Waals surface area contributed by atoms with E-state index in [9.17, 15) is 0 Å². The predicted molar refractivity (Wildman–Crippen MR) is 33.5 cm³/mol. The Labute approximate surface area is 68.1 Å². The molecule has 0 aliphatic carbocycles. The van der Waals surface area contributed by atoms with Gasteiger partial charge in [-0.1, -0.05) is 0 Å². The van der Waals surface area contributed by atoms with E-state index in [1.54, 1.807) is 0 Å². The van der Waals surface area contributed by atoms with E-state index in [1.807, 2.05) is 0 Å². The number of rotatable bonds is 0. The lowest BCUT2D eigenvalue weighted by molar-refractivity contribution is 0.352. The molecule has 0 radical (unpaired) electrons. The van der Waals surface area contributed by atoms with Gasteiger partial charge < -0.3 is 24.4 Å². The van der Waals surface area contributed by atoms with Gasteiger partial charge in [-0.25, -0.2) is 0 Å². The molecule has 0 spiro atoms. The Balaban J connectivity index is -0.000000107. The van der Waals surface area contributed by atoms with Crippen LogP contribution >= 0.6 is 0 Å². The third kappa shape index (κ3) is 46300. The summed E-state index contributed by atoms with van der Waals surface area (Å²) >= 11 is 3.24. The van der Waals surface area contributed by atoms with E-state index in [0.717, 1.165) is 0 Å². The minimum Gasteiger partial charge on any atom is -0.780 e. The molecule has 0 heterocycles. The van der Waals surface area contributed by atoms with Crippen LogP contribution in [0.15, 0.2) is 0 Å². The van der Waals surface area contributed by atoms with E-state index in [-0.39, 0.29) is 6.15 Å². The van der Waals surface area contributed by atoms with Crippen molar-refractivity contribution in [1.29, 1.82) is 0 Å². The molecule has 4 N–H and O–H groups in total. The third-order valence-corrected chi connectivity index (χ3v) is 0. The maximum absolute atomic E-state index is 8.89. The van der Waals surface area contributed by atoms with Crippen molar-refractivity contribution in [2.45, 2.75) is 0 Å². The minimum atomic E-state index is -5.17. The second-order valence-electron chi connectivity index (χ2n) is 0.816. The first kappa shape index (κ1) is 17.3. The Morgan fingerprint density at radius 1 is 0.909 bits per heavy atom. The summed E-state index contributed by atoms with van der Waals surface area (Å²) in [5.41, 5.74) is 0. The predicted octanol–water partition coefficient (Wildman–Crippen LogP) is -1.97. The molecular weight excluding hydrogens is 222 g/mol. The molecule has 0 aromatic heterocycles. The molecule has 0 saturated heterocycles. The fourth-order valence-corrected chi connectivity index (χ4v) is 0. The van der Waals surface area contributed by atoms with Gasteiger partial charge >= 0.3 is 0 Å². The van der Waals surface area contributed by atoms with Crippen molar-refractivity contribution in [3.05, 3.63) is 0 Å². The monoisotopic (exact) mass is 226 g/mol. The van der Waals surface area contributed by atoms with Gasteiger partial charge in [-0.05, 0) is 11.2 Å². The lowest BCUT2D eigenvalue weighted by Crippen LogP contribution is -1.91. The fourth-order valence-electron chi connectivity index (χ4n) is 0. The molecule has 0 amide bonds. The molecule has 0 atom stereocenters. The molecular formula is H4NO7S3-3. The van der Waals surface area contributed by atoms with Gasteiger partial charge in [0, 0.05) is 10.4 Å². The van der Waals surface area contributed by atoms with E-state index in [2.05, 4.69) is 11.2 Å². The molecule has 0 aromatic carbocycles. The molecule has 11 heteroatoms. The molecule has 0 aromatic rings. The molecule has 8 nitrogen and oxygen atoms in total. The summed E-state index contributed by atoms with van der Waals surface area (Å²) in [4.78, 5) is 0. The summed E-state index contributed by atoms with van der Waals surface area (Å²) in [5, 5.41) is 0. The summed E-state index contributed by atoms with van der Waals surface area (Å²) in [7, 11) is -9.50. The van der Waals surface area contributed by atoms with Crippen molar-refractivity contribution in [2.24, 2.45) is 0 Å². The van der Waals surface area contributed by atoms with E-state index in [1.165, 1.54) is 0 Å². The SMILES string of the molecule is O=S(=O)([O-])[O-].O=S([O-])([O-])=S.[NH4+]. The van der Waals surface area contributed by atoms with Crippen LogP contribution in [-0.4, -0.2) is 30.8 Å². The zero-order valence-corrected chi connectivity index (χ0v) is 7.53. The Bertz CT molecular complexity index is 210. The second kappa shape index (κ2) is 5.73. The van der Waals surface area contributed by atoms with Crippen LogP contribution in [0.2, 0.25) is 0 Å². The Hall–Kier alpha value is 0.120. The van der Waals surface area contributed by atoms with Crippen LogP contribution in [0.25, 0.3) is 0 Å². The van der Waals surface area contributed by atoms with Crippen molar-refractivity contribution in [3.63, 3.8) is 0 Å². The number of hydrogen-bond donors (Lipinski definition) is 1. The molecule has 0 saturated carbocycles. The maximum atomic E-state index is 8.89. The van der Waals surface area contributed by atoms with Gasteiger partial charge in [0.1, 0.15) is 0 Å². The molecule has 0 rings (SSSR count). The summed E-state index contributed by atoms with van der Waals surface area (Å²) in [6.07, 6.45) is 0. The lowest BCUT2D eigenvalue weighted by Gasteiger charge is -2.12. The molecule has 0 aliphatic rings. The number of hydrogen-bond acceptors (Lipinski definition) is 8. The normalized spacial score (nSPS) is 10.5. The summed E-state index contributed by atoms with van der Waals surface area (Å²) < 4.78 is 60.8. The van der Waals surface area contributed by atoms with Crippen molar-refractivity contribution in [2.75, 3.05) is 0 Å². The van der Waals surface area contributed by atoms with Crippen LogP contribution in [0, 0.1) is 0 Å². The minimum absolute atomic E-state index is 0. The maximum Gasteiger partial charge on any atom is 0.0311 e. The highest BCUT2D eigenvalue weighted by Crippen LogP contribution is 1.60. The molecule has 11 heavy (non-hydrogen) atoms. The van der Waals surface area contributed by atoms with Gasteiger partial charge in [0.25, 0.3) is 0 Å². The first-order valence-electron chi connectivity index (χ1n) is 1.33. The Morgan fingerprint density at radius 2 is 0.909 bits per heavy atom. The zero-order valence-electron chi connectivity index (χ0n) is 5.08. The fraction of sp³-hybridized carbons (Fsp3) is 0. The van der Waals surface area contributed by atoms with Crippen LogP contribution < -0.4 is 6.15 Å². The average Bonchev–Trinajstić information content (AvgIpc) is 1.12. The van der Waals surface area contributed by atoms with E-state index < -0.39 is 19.5 Å². The Morgan fingerprint density at radius 3 is 0.909 bits per heavy atom. The average molecular weight is 226 g/mol. The van der Waals surface area contributed by atoms with Crippen LogP contribution in [-0.2, 0) is 30.6 Å². The standard InChI is InChI=1S/H3N.H2O4S.H2O3S2/c;2*1-5(2,3)4/h1H3;2*(H2,1,2,3,4)/p-3. The van der Waals surface area contributed by atoms with Crippen LogP contribution in [0.5, 0.6) is 0 Å². The largest absolute Gasteiger partial charge is 0.780 e. The van der Waals surface area contributed by atoms with Crippen molar-refractivity contribution >= 4 is 30.6 Å². The van der Waals surface area contributed by atoms with Crippen LogP contribution in [0.1, 0.15) is 0 Å². The molecule has 0 bridgehead atoms. The van der Waals surface area contributed by atoms with E-state index in [4.69, 9.17) is 30.8 Å². The highest BCUT2D eigenvalue weighted by molar-refractivity contribution is 8.26. The van der Waals surface area contributed by atoms with Gasteiger partial charge in [0.05, 0.1) is 0 Å². The van der Waals surface area contributed by atoms with E-state index >= 15 is 0 Å². The van der Waals surface area contributed by atoms with Gasteiger partial charge in [0.15, 0.2) is 0 Å². The van der Waals surface area contributed by atoms with Gasteiger partial charge in [-0.2, -0.15) is 0 Å². The van der Waals surface area contributed by atoms with Crippen LogP contribution in [0.4, 0.5) is 0 Å². The molecule has 0 unspecified atom stereocenters. The molecule has 0 fully saturated rings. The summed E-state index contributed by atoms with van der Waals surface area (Å²) in [5.74, 6) is 0. The first-order chi connectivity index (χ1) is 4.00. The van der Waals surface area contributed by atoms with Gasteiger partial charge in [0.2, 0.25) is 0 Å². The highest BCUT2D eigenvalue weighted by atomic mass is 32.9. The van der Waals surface area contributed by atoms with Crippen molar-refractivity contribution in [3.8, 4) is 0 Å². The van der Waals surface area contributed by atoms with E-state index in [0.29, 0.717) is 0 Å². The van der Waals surface area contributed by atoms with Crippen molar-refractivity contribution in [1.82, 2.24) is 6.15 Å². The lowest BCUT2D eigenvalue weighted by atomic mass is 14.0. The molecule has 72 valence electrons. The van der Waals surface area contributed by atoms with Crippen molar-refractivity contribution < 1.29 is 30.8 Å². The molecule has 0 aliphatic heterocycles. The second-order valence-corrected chi connectivity index (χ2v) is 3.67. The topological polar surface area (TPSA) is 180 Å². The zero-order chi connectivity index (χ0) is 9.00. The smallest absolute Gasteiger partial charge is 0.0311 e. The summed E-state index contributed by atoms with van der Waals surface area (Å²) in [6, 6.07) is 0.